The number of para-hydroxylation sites is 1. The normalized spacial score (nSPS) is 10.8. The predicted octanol–water partition coefficient (Wildman–Crippen LogP) is 3.59. The van der Waals surface area contributed by atoms with Crippen LogP contribution in [0.2, 0.25) is 5.02 Å². The summed E-state index contributed by atoms with van der Waals surface area (Å²) in [6, 6.07) is 15.3. The molecule has 0 radical (unpaired) electrons. The molecule has 118 valence electrons. The molecule has 0 aliphatic heterocycles. The lowest BCUT2D eigenvalue weighted by Gasteiger charge is -2.07. The summed E-state index contributed by atoms with van der Waals surface area (Å²) < 4.78 is 0. The zero-order valence-electron chi connectivity index (χ0n) is 12.6. The topological polar surface area (TPSA) is 56.9 Å². The van der Waals surface area contributed by atoms with E-state index in [0.717, 1.165) is 18.5 Å². The zero-order chi connectivity index (χ0) is 16.1. The molecule has 0 saturated carbocycles. The van der Waals surface area contributed by atoms with Crippen LogP contribution < -0.4 is 10.6 Å². The first kappa shape index (κ1) is 15.6. The molecular formula is C18H18ClN3O. The maximum atomic E-state index is 11.9. The van der Waals surface area contributed by atoms with E-state index >= 15 is 0 Å². The highest BCUT2D eigenvalue weighted by Gasteiger charge is 2.04. The number of amides is 1. The number of benzene rings is 2. The van der Waals surface area contributed by atoms with Gasteiger partial charge in [0.15, 0.2) is 0 Å². The van der Waals surface area contributed by atoms with Crippen molar-refractivity contribution < 1.29 is 4.79 Å². The summed E-state index contributed by atoms with van der Waals surface area (Å²) in [5, 5.41) is 7.82. The van der Waals surface area contributed by atoms with E-state index in [4.69, 9.17) is 11.6 Å². The first-order valence-electron chi connectivity index (χ1n) is 7.53. The van der Waals surface area contributed by atoms with E-state index in [9.17, 15) is 4.79 Å². The number of halogens is 1. The van der Waals surface area contributed by atoms with E-state index < -0.39 is 0 Å². The molecule has 0 aliphatic rings. The van der Waals surface area contributed by atoms with E-state index in [1.165, 1.54) is 10.9 Å². The molecule has 5 heteroatoms. The number of carbonyl (C=O) groups is 1. The second-order valence-electron chi connectivity index (χ2n) is 5.34. The van der Waals surface area contributed by atoms with Crippen LogP contribution in [0.5, 0.6) is 0 Å². The Morgan fingerprint density at radius 2 is 2.00 bits per heavy atom. The van der Waals surface area contributed by atoms with Gasteiger partial charge in [0.05, 0.1) is 6.54 Å². The van der Waals surface area contributed by atoms with Gasteiger partial charge in [0.25, 0.3) is 0 Å². The van der Waals surface area contributed by atoms with Crippen molar-refractivity contribution in [1.29, 1.82) is 0 Å². The second-order valence-corrected chi connectivity index (χ2v) is 5.78. The lowest BCUT2D eigenvalue weighted by Crippen LogP contribution is -2.29. The maximum Gasteiger partial charge on any atom is 0.238 e. The lowest BCUT2D eigenvalue weighted by atomic mass is 10.1. The standard InChI is InChI=1S/C18H18ClN3O/c19-14-4-3-5-15(10-14)22-18(23)12-20-9-8-13-11-21-17-7-2-1-6-16(13)17/h1-7,10-11,20-21H,8-9,12H2,(H,22,23). The van der Waals surface area contributed by atoms with Crippen molar-refractivity contribution in [2.75, 3.05) is 18.4 Å². The molecular weight excluding hydrogens is 310 g/mol. The SMILES string of the molecule is O=C(CNCCc1c[nH]c2ccccc12)Nc1cccc(Cl)c1. The highest BCUT2D eigenvalue weighted by molar-refractivity contribution is 6.30. The van der Waals surface area contributed by atoms with Gasteiger partial charge >= 0.3 is 0 Å². The van der Waals surface area contributed by atoms with Crippen LogP contribution in [0.3, 0.4) is 0 Å². The molecule has 0 saturated heterocycles. The van der Waals surface area contributed by atoms with Gasteiger partial charge in [-0.3, -0.25) is 4.79 Å². The molecule has 0 bridgehead atoms. The number of aromatic amines is 1. The first-order chi connectivity index (χ1) is 11.2. The summed E-state index contributed by atoms with van der Waals surface area (Å²) in [5.74, 6) is -0.0776. The molecule has 3 N–H and O–H groups in total. The van der Waals surface area contributed by atoms with E-state index in [1.807, 2.05) is 30.5 Å². The minimum atomic E-state index is -0.0776. The summed E-state index contributed by atoms with van der Waals surface area (Å²) in [7, 11) is 0. The van der Waals surface area contributed by atoms with Crippen molar-refractivity contribution in [2.45, 2.75) is 6.42 Å². The van der Waals surface area contributed by atoms with Crippen LogP contribution >= 0.6 is 11.6 Å². The number of hydrogen-bond donors (Lipinski definition) is 3. The summed E-state index contributed by atoms with van der Waals surface area (Å²) in [6.45, 7) is 1.01. The van der Waals surface area contributed by atoms with Crippen molar-refractivity contribution in [2.24, 2.45) is 0 Å². The summed E-state index contributed by atoms with van der Waals surface area (Å²) in [4.78, 5) is 15.1. The molecule has 1 aromatic heterocycles. The average Bonchev–Trinajstić information content (AvgIpc) is 2.95. The van der Waals surface area contributed by atoms with Crippen molar-refractivity contribution in [3.05, 3.63) is 65.3 Å². The predicted molar refractivity (Wildman–Crippen MR) is 95.0 cm³/mol. The van der Waals surface area contributed by atoms with Gasteiger partial charge in [0.1, 0.15) is 0 Å². The zero-order valence-corrected chi connectivity index (χ0v) is 13.4. The van der Waals surface area contributed by atoms with Gasteiger partial charge in [-0.15, -0.1) is 0 Å². The third-order valence-electron chi connectivity index (χ3n) is 3.64. The number of H-pyrrole nitrogens is 1. The van der Waals surface area contributed by atoms with Crippen molar-refractivity contribution in [3.63, 3.8) is 0 Å². The Hall–Kier alpha value is -2.30. The van der Waals surface area contributed by atoms with Gasteiger partial charge < -0.3 is 15.6 Å². The Morgan fingerprint density at radius 3 is 2.87 bits per heavy atom. The lowest BCUT2D eigenvalue weighted by molar-refractivity contribution is -0.115. The molecule has 0 spiro atoms. The third-order valence-corrected chi connectivity index (χ3v) is 3.88. The molecule has 0 aliphatic carbocycles. The molecule has 0 atom stereocenters. The highest BCUT2D eigenvalue weighted by atomic mass is 35.5. The van der Waals surface area contributed by atoms with Crippen LogP contribution in [0.1, 0.15) is 5.56 Å². The Balaban J connectivity index is 1.45. The summed E-state index contributed by atoms with van der Waals surface area (Å²) >= 11 is 5.89. The Kier molecular flexibility index (Phi) is 4.95. The Morgan fingerprint density at radius 1 is 1.13 bits per heavy atom. The fourth-order valence-corrected chi connectivity index (χ4v) is 2.73. The van der Waals surface area contributed by atoms with Crippen LogP contribution in [0.4, 0.5) is 5.69 Å². The van der Waals surface area contributed by atoms with Crippen LogP contribution in [0.15, 0.2) is 54.7 Å². The molecule has 3 aromatic rings. The van der Waals surface area contributed by atoms with E-state index in [-0.39, 0.29) is 12.5 Å². The molecule has 1 amide bonds. The third kappa shape index (κ3) is 4.12. The monoisotopic (exact) mass is 327 g/mol. The van der Waals surface area contributed by atoms with E-state index in [0.29, 0.717) is 10.7 Å². The number of hydrogen-bond acceptors (Lipinski definition) is 2. The second kappa shape index (κ2) is 7.31. The molecule has 4 nitrogen and oxygen atoms in total. The summed E-state index contributed by atoms with van der Waals surface area (Å²) in [6.07, 6.45) is 2.90. The van der Waals surface area contributed by atoms with E-state index in [2.05, 4.69) is 27.8 Å². The van der Waals surface area contributed by atoms with Gasteiger partial charge in [-0.2, -0.15) is 0 Å². The Labute approximate surface area is 139 Å². The number of fused-ring (bicyclic) bond motifs is 1. The summed E-state index contributed by atoms with van der Waals surface area (Å²) in [5.41, 5.74) is 3.10. The minimum absolute atomic E-state index is 0.0776. The fourth-order valence-electron chi connectivity index (χ4n) is 2.53. The largest absolute Gasteiger partial charge is 0.361 e. The Bertz CT molecular complexity index is 813. The number of rotatable bonds is 6. The first-order valence-corrected chi connectivity index (χ1v) is 7.91. The van der Waals surface area contributed by atoms with Crippen molar-refractivity contribution in [1.82, 2.24) is 10.3 Å². The molecule has 0 unspecified atom stereocenters. The molecule has 2 aromatic carbocycles. The number of carbonyl (C=O) groups excluding carboxylic acids is 1. The maximum absolute atomic E-state index is 11.9. The quantitative estimate of drug-likeness (QED) is 0.606. The van der Waals surface area contributed by atoms with Gasteiger partial charge in [-0.25, -0.2) is 0 Å². The fraction of sp³-hybridized carbons (Fsp3) is 0.167. The number of aromatic nitrogens is 1. The van der Waals surface area contributed by atoms with Crippen LogP contribution in [0, 0.1) is 0 Å². The van der Waals surface area contributed by atoms with Gasteiger partial charge in [0, 0.05) is 27.8 Å². The molecule has 3 rings (SSSR count). The van der Waals surface area contributed by atoms with Crippen molar-refractivity contribution in [3.8, 4) is 0 Å². The smallest absolute Gasteiger partial charge is 0.238 e. The molecule has 23 heavy (non-hydrogen) atoms. The average molecular weight is 328 g/mol. The van der Waals surface area contributed by atoms with Crippen LogP contribution in [0.25, 0.3) is 10.9 Å². The van der Waals surface area contributed by atoms with E-state index in [1.54, 1.807) is 12.1 Å². The van der Waals surface area contributed by atoms with Gasteiger partial charge in [-0.05, 0) is 42.8 Å². The van der Waals surface area contributed by atoms with Crippen LogP contribution in [-0.4, -0.2) is 24.0 Å². The number of anilines is 1. The van der Waals surface area contributed by atoms with Gasteiger partial charge in [0.2, 0.25) is 5.91 Å². The van der Waals surface area contributed by atoms with Gasteiger partial charge in [-0.1, -0.05) is 35.9 Å². The van der Waals surface area contributed by atoms with Crippen molar-refractivity contribution >= 4 is 34.1 Å². The highest BCUT2D eigenvalue weighted by Crippen LogP contribution is 2.17. The minimum Gasteiger partial charge on any atom is -0.361 e. The number of nitrogens with one attached hydrogen (secondary N) is 3. The molecule has 1 heterocycles. The molecule has 0 fully saturated rings. The van der Waals surface area contributed by atoms with Crippen LogP contribution in [-0.2, 0) is 11.2 Å².